The van der Waals surface area contributed by atoms with Gasteiger partial charge in [0, 0.05) is 12.6 Å². The second-order valence-corrected chi connectivity index (χ2v) is 8.04. The highest BCUT2D eigenvalue weighted by Gasteiger charge is 2.13. The third-order valence-electron chi connectivity index (χ3n) is 4.21. The van der Waals surface area contributed by atoms with Crippen LogP contribution in [0, 0.1) is 5.92 Å². The standard InChI is InChI=1S/C16H26N2O.C5H11NO2/c17-16(12-15-4-2-1-3-5-15)13-19-11-8-14-6-9-18-10-7-14;1-5(2,3)8-4(6)7/h1-5,14,16,18H,6-13,17H2;1-3H3,(H2,6,7). The lowest BCUT2D eigenvalue weighted by Crippen LogP contribution is -2.30. The Balaban J connectivity index is 0.000000387. The van der Waals surface area contributed by atoms with Gasteiger partial charge in [-0.15, -0.1) is 0 Å². The van der Waals surface area contributed by atoms with E-state index in [0.717, 1.165) is 32.0 Å². The summed E-state index contributed by atoms with van der Waals surface area (Å²) in [6.07, 6.45) is 3.93. The van der Waals surface area contributed by atoms with Crippen molar-refractivity contribution in [1.82, 2.24) is 5.32 Å². The minimum absolute atomic E-state index is 0.107. The van der Waals surface area contributed by atoms with Gasteiger partial charge in [0.25, 0.3) is 0 Å². The minimum atomic E-state index is -0.725. The molecule has 1 heterocycles. The van der Waals surface area contributed by atoms with E-state index in [0.29, 0.717) is 6.61 Å². The van der Waals surface area contributed by atoms with E-state index in [1.54, 1.807) is 20.8 Å². The van der Waals surface area contributed by atoms with E-state index >= 15 is 0 Å². The number of piperidine rings is 1. The number of rotatable bonds is 7. The van der Waals surface area contributed by atoms with E-state index in [2.05, 4.69) is 34.3 Å². The van der Waals surface area contributed by atoms with Crippen molar-refractivity contribution in [3.63, 3.8) is 0 Å². The van der Waals surface area contributed by atoms with Crippen LogP contribution >= 0.6 is 0 Å². The Morgan fingerprint density at radius 2 is 1.85 bits per heavy atom. The van der Waals surface area contributed by atoms with E-state index in [-0.39, 0.29) is 6.04 Å². The van der Waals surface area contributed by atoms with Gasteiger partial charge in [-0.3, -0.25) is 0 Å². The van der Waals surface area contributed by atoms with Gasteiger partial charge in [0.2, 0.25) is 0 Å². The maximum atomic E-state index is 10.0. The first-order valence-corrected chi connectivity index (χ1v) is 9.82. The van der Waals surface area contributed by atoms with Gasteiger partial charge in [-0.2, -0.15) is 0 Å². The van der Waals surface area contributed by atoms with Crippen LogP contribution < -0.4 is 16.8 Å². The molecule has 0 bridgehead atoms. The van der Waals surface area contributed by atoms with Gasteiger partial charge in [-0.1, -0.05) is 30.3 Å². The van der Waals surface area contributed by atoms with E-state index in [4.69, 9.17) is 16.2 Å². The van der Waals surface area contributed by atoms with Gasteiger partial charge in [0.1, 0.15) is 5.60 Å². The SMILES string of the molecule is CC(C)(C)OC(N)=O.NC(COCCC1CCNCC1)Cc1ccccc1. The highest BCUT2D eigenvalue weighted by atomic mass is 16.6. The molecule has 0 saturated carbocycles. The normalized spacial score (nSPS) is 16.1. The van der Waals surface area contributed by atoms with E-state index < -0.39 is 11.7 Å². The van der Waals surface area contributed by atoms with Crippen LogP contribution in [0.4, 0.5) is 4.79 Å². The average Bonchev–Trinajstić information content (AvgIpc) is 2.59. The Bertz CT molecular complexity index is 511. The maximum absolute atomic E-state index is 10.0. The number of ether oxygens (including phenoxy) is 2. The van der Waals surface area contributed by atoms with Gasteiger partial charge in [0.15, 0.2) is 0 Å². The second kappa shape index (κ2) is 12.7. The average molecular weight is 380 g/mol. The molecule has 1 aliphatic rings. The highest BCUT2D eigenvalue weighted by Crippen LogP contribution is 2.15. The first-order chi connectivity index (χ1) is 12.8. The Labute approximate surface area is 164 Å². The minimum Gasteiger partial charge on any atom is -0.444 e. The number of benzene rings is 1. The van der Waals surface area contributed by atoms with E-state index in [1.807, 2.05) is 6.07 Å². The molecular formula is C21H37N3O3. The van der Waals surface area contributed by atoms with Crippen LogP contribution in [0.1, 0.15) is 45.6 Å². The number of carbonyl (C=O) groups is 1. The summed E-state index contributed by atoms with van der Waals surface area (Å²) < 4.78 is 10.3. The maximum Gasteiger partial charge on any atom is 0.405 e. The summed E-state index contributed by atoms with van der Waals surface area (Å²) in [5.74, 6) is 0.839. The van der Waals surface area contributed by atoms with Crippen molar-refractivity contribution < 1.29 is 14.3 Å². The zero-order valence-corrected chi connectivity index (χ0v) is 17.1. The lowest BCUT2D eigenvalue weighted by molar-refractivity contribution is 0.0600. The molecular weight excluding hydrogens is 342 g/mol. The summed E-state index contributed by atoms with van der Waals surface area (Å²) in [6.45, 7) is 9.14. The topological polar surface area (TPSA) is 99.6 Å². The molecule has 154 valence electrons. The molecule has 1 aromatic rings. The number of carbonyl (C=O) groups excluding carboxylic acids is 1. The van der Waals surface area contributed by atoms with Gasteiger partial charge < -0.3 is 26.3 Å². The summed E-state index contributed by atoms with van der Waals surface area (Å²) in [6, 6.07) is 10.5. The molecule has 0 aromatic heterocycles. The van der Waals surface area contributed by atoms with Crippen LogP contribution in [0.15, 0.2) is 30.3 Å². The first kappa shape index (κ1) is 23.4. The van der Waals surface area contributed by atoms with E-state index in [1.165, 1.54) is 24.8 Å². The molecule has 1 saturated heterocycles. The quantitative estimate of drug-likeness (QED) is 0.633. The molecule has 0 radical (unpaired) electrons. The predicted octanol–water partition coefficient (Wildman–Crippen LogP) is 2.84. The smallest absolute Gasteiger partial charge is 0.405 e. The van der Waals surface area contributed by atoms with Gasteiger partial charge in [-0.25, -0.2) is 4.79 Å². The monoisotopic (exact) mass is 379 g/mol. The molecule has 0 aliphatic carbocycles. The fourth-order valence-electron chi connectivity index (χ4n) is 2.93. The predicted molar refractivity (Wildman–Crippen MR) is 110 cm³/mol. The number of primary amides is 1. The number of nitrogens with one attached hydrogen (secondary N) is 1. The number of amides is 1. The fourth-order valence-corrected chi connectivity index (χ4v) is 2.93. The van der Waals surface area contributed by atoms with Crippen molar-refractivity contribution >= 4 is 6.09 Å². The number of hydrogen-bond donors (Lipinski definition) is 3. The molecule has 1 atom stereocenters. The van der Waals surface area contributed by atoms with Crippen molar-refractivity contribution in [2.24, 2.45) is 17.4 Å². The largest absolute Gasteiger partial charge is 0.444 e. The third kappa shape index (κ3) is 13.2. The lowest BCUT2D eigenvalue weighted by Gasteiger charge is -2.22. The number of nitrogens with two attached hydrogens (primary N) is 2. The van der Waals surface area contributed by atoms with Crippen molar-refractivity contribution in [2.45, 2.75) is 58.1 Å². The van der Waals surface area contributed by atoms with E-state index in [9.17, 15) is 4.79 Å². The summed E-state index contributed by atoms with van der Waals surface area (Å²) in [5.41, 5.74) is 11.6. The molecule has 1 aromatic carbocycles. The fraction of sp³-hybridized carbons (Fsp3) is 0.667. The summed E-state index contributed by atoms with van der Waals surface area (Å²) in [4.78, 5) is 10.0. The lowest BCUT2D eigenvalue weighted by atomic mass is 9.95. The van der Waals surface area contributed by atoms with Crippen LogP contribution in [0.25, 0.3) is 0 Å². The molecule has 0 spiro atoms. The molecule has 6 nitrogen and oxygen atoms in total. The molecule has 1 unspecified atom stereocenters. The second-order valence-electron chi connectivity index (χ2n) is 8.04. The summed E-state index contributed by atoms with van der Waals surface area (Å²) in [7, 11) is 0. The molecule has 1 amide bonds. The van der Waals surface area contributed by atoms with Crippen LogP contribution in [-0.4, -0.2) is 44.0 Å². The van der Waals surface area contributed by atoms with Gasteiger partial charge >= 0.3 is 6.09 Å². The molecule has 1 aliphatic heterocycles. The van der Waals surface area contributed by atoms with Crippen molar-refractivity contribution in [2.75, 3.05) is 26.3 Å². The van der Waals surface area contributed by atoms with Crippen LogP contribution in [0.5, 0.6) is 0 Å². The van der Waals surface area contributed by atoms with Gasteiger partial charge in [0.05, 0.1) is 6.61 Å². The van der Waals surface area contributed by atoms with Crippen molar-refractivity contribution in [3.8, 4) is 0 Å². The molecule has 1 fully saturated rings. The van der Waals surface area contributed by atoms with Crippen LogP contribution in [0.3, 0.4) is 0 Å². The van der Waals surface area contributed by atoms with Crippen LogP contribution in [-0.2, 0) is 15.9 Å². The Hall–Kier alpha value is -1.63. The zero-order chi connectivity index (χ0) is 20.1. The molecule has 5 N–H and O–H groups in total. The summed E-state index contributed by atoms with van der Waals surface area (Å²) >= 11 is 0. The Kier molecular flexibility index (Phi) is 11.0. The highest BCUT2D eigenvalue weighted by molar-refractivity contribution is 5.65. The van der Waals surface area contributed by atoms with Crippen LogP contribution in [0.2, 0.25) is 0 Å². The Morgan fingerprint density at radius 1 is 1.22 bits per heavy atom. The first-order valence-electron chi connectivity index (χ1n) is 9.82. The van der Waals surface area contributed by atoms with Gasteiger partial charge in [-0.05, 0) is 71.0 Å². The Morgan fingerprint density at radius 3 is 2.37 bits per heavy atom. The third-order valence-corrected chi connectivity index (χ3v) is 4.21. The molecule has 27 heavy (non-hydrogen) atoms. The van der Waals surface area contributed by atoms with Crippen molar-refractivity contribution in [3.05, 3.63) is 35.9 Å². The molecule has 2 rings (SSSR count). The summed E-state index contributed by atoms with van der Waals surface area (Å²) in [5, 5.41) is 3.39. The number of hydrogen-bond acceptors (Lipinski definition) is 5. The zero-order valence-electron chi connectivity index (χ0n) is 17.1. The molecule has 6 heteroatoms. The van der Waals surface area contributed by atoms with Crippen molar-refractivity contribution in [1.29, 1.82) is 0 Å².